The average molecular weight is 297 g/mol. The second-order valence-corrected chi connectivity index (χ2v) is 5.84. The van der Waals surface area contributed by atoms with Crippen LogP contribution in [0, 0.1) is 0 Å². The molecule has 0 radical (unpaired) electrons. The molecule has 0 aromatic heterocycles. The number of carbonyl (C=O) groups is 1. The van der Waals surface area contributed by atoms with Crippen molar-refractivity contribution >= 4 is 5.97 Å². The number of carbonyl (C=O) groups excluding carboxylic acids is 1. The molecule has 0 saturated carbocycles. The van der Waals surface area contributed by atoms with Crippen LogP contribution in [0.5, 0.6) is 0 Å². The smallest absolute Gasteiger partial charge is 0.0976 e. The van der Waals surface area contributed by atoms with Crippen LogP contribution in [-0.4, -0.2) is 36.6 Å². The summed E-state index contributed by atoms with van der Waals surface area (Å²) in [6.45, 7) is 19.4. The van der Waals surface area contributed by atoms with Crippen molar-refractivity contribution in [3.8, 4) is 0 Å². The van der Waals surface area contributed by atoms with Crippen LogP contribution in [0.2, 0.25) is 0 Å². The summed E-state index contributed by atoms with van der Waals surface area (Å²) in [6.07, 6.45) is 7.19. The Morgan fingerprint density at radius 3 is 1.71 bits per heavy atom. The molecule has 0 aromatic rings. The highest BCUT2D eigenvalue weighted by atomic mass is 16.4. The van der Waals surface area contributed by atoms with E-state index in [0.717, 1.165) is 6.92 Å². The highest BCUT2D eigenvalue weighted by Crippen LogP contribution is 2.11. The van der Waals surface area contributed by atoms with Gasteiger partial charge in [0.25, 0.3) is 0 Å². The van der Waals surface area contributed by atoms with E-state index in [0.29, 0.717) is 0 Å². The number of rotatable bonds is 8. The molecule has 0 spiro atoms. The largest absolute Gasteiger partial charge is 0.550 e. The first kappa shape index (κ1) is 22.2. The van der Waals surface area contributed by atoms with Crippen molar-refractivity contribution in [3.05, 3.63) is 23.3 Å². The molecule has 0 amide bonds. The van der Waals surface area contributed by atoms with Gasteiger partial charge in [-0.25, -0.2) is 0 Å². The van der Waals surface area contributed by atoms with Gasteiger partial charge in [0, 0.05) is 5.97 Å². The van der Waals surface area contributed by atoms with Gasteiger partial charge in [0.15, 0.2) is 0 Å². The predicted molar refractivity (Wildman–Crippen MR) is 89.9 cm³/mol. The molecule has 0 rings (SSSR count). The van der Waals surface area contributed by atoms with Crippen LogP contribution in [0.1, 0.15) is 61.3 Å². The topological polar surface area (TPSA) is 40.1 Å². The molecule has 0 unspecified atom stereocenters. The van der Waals surface area contributed by atoms with Crippen LogP contribution >= 0.6 is 0 Å². The van der Waals surface area contributed by atoms with Gasteiger partial charge in [-0.1, -0.05) is 17.2 Å². The van der Waals surface area contributed by atoms with Gasteiger partial charge in [-0.2, -0.15) is 0 Å². The number of nitrogens with zero attached hydrogens (tertiary/aromatic N) is 1. The Kier molecular flexibility index (Phi) is 13.4. The van der Waals surface area contributed by atoms with Crippen LogP contribution in [-0.2, 0) is 4.79 Å². The maximum atomic E-state index is 8.89. The minimum absolute atomic E-state index is 0.972. The van der Waals surface area contributed by atoms with Crippen LogP contribution in [0.3, 0.4) is 0 Å². The minimum atomic E-state index is -1.08. The summed E-state index contributed by atoms with van der Waals surface area (Å²) < 4.78 is 1.22. The van der Waals surface area contributed by atoms with Crippen molar-refractivity contribution in [3.63, 3.8) is 0 Å². The molecule has 0 bridgehead atoms. The summed E-state index contributed by atoms with van der Waals surface area (Å²) >= 11 is 0. The van der Waals surface area contributed by atoms with E-state index in [-0.39, 0.29) is 0 Å². The van der Waals surface area contributed by atoms with Crippen molar-refractivity contribution in [2.24, 2.45) is 0 Å². The molecule has 3 heteroatoms. The molecule has 0 aromatic carbocycles. The van der Waals surface area contributed by atoms with Gasteiger partial charge < -0.3 is 14.4 Å². The fourth-order valence-corrected chi connectivity index (χ4v) is 2.10. The van der Waals surface area contributed by atoms with Gasteiger partial charge in [0.05, 0.1) is 26.2 Å². The summed E-state index contributed by atoms with van der Waals surface area (Å²) in [5, 5.41) is 8.89. The first-order chi connectivity index (χ1) is 9.72. The van der Waals surface area contributed by atoms with E-state index in [1.165, 1.54) is 49.1 Å². The standard InChI is InChI=1S/C16H32N.C2H4O2/c1-7-17(8-2,9-3)14-13-16(6)12-10-11-15(4)5;1-2(3)4/h11,13H,7-10,12,14H2,1-6H3;1H3,(H,3,4)/q+1;/p-1. The number of quaternary nitrogens is 1. The predicted octanol–water partition coefficient (Wildman–Crippen LogP) is 3.31. The quantitative estimate of drug-likeness (QED) is 0.509. The highest BCUT2D eigenvalue weighted by molar-refractivity contribution is 5.60. The molecule has 0 aliphatic heterocycles. The Bertz CT molecular complexity index is 323. The molecule has 0 N–H and O–H groups in total. The summed E-state index contributed by atoms with van der Waals surface area (Å²) in [4.78, 5) is 8.89. The van der Waals surface area contributed by atoms with E-state index >= 15 is 0 Å². The lowest BCUT2D eigenvalue weighted by molar-refractivity contribution is -0.917. The Hall–Kier alpha value is -1.09. The van der Waals surface area contributed by atoms with E-state index in [9.17, 15) is 0 Å². The average Bonchev–Trinajstić information content (AvgIpc) is 2.40. The summed E-state index contributed by atoms with van der Waals surface area (Å²) in [6, 6.07) is 0. The van der Waals surface area contributed by atoms with Crippen molar-refractivity contribution < 1.29 is 14.4 Å². The van der Waals surface area contributed by atoms with E-state index < -0.39 is 5.97 Å². The Morgan fingerprint density at radius 2 is 1.38 bits per heavy atom. The molecular weight excluding hydrogens is 262 g/mol. The molecule has 0 atom stereocenters. The fraction of sp³-hybridized carbons (Fsp3) is 0.722. The van der Waals surface area contributed by atoms with Gasteiger partial charge in [-0.15, -0.1) is 0 Å². The lowest BCUT2D eigenvalue weighted by atomic mass is 10.1. The zero-order valence-corrected chi connectivity index (χ0v) is 15.2. The van der Waals surface area contributed by atoms with Crippen LogP contribution in [0.4, 0.5) is 0 Å². The molecule has 21 heavy (non-hydrogen) atoms. The molecular formula is C18H35NO2. The monoisotopic (exact) mass is 297 g/mol. The second kappa shape index (κ2) is 12.6. The number of hydrogen-bond acceptors (Lipinski definition) is 2. The van der Waals surface area contributed by atoms with Crippen LogP contribution < -0.4 is 5.11 Å². The number of likely N-dealkylation sites (N-methyl/N-ethyl adjacent to an activating group) is 1. The first-order valence-corrected chi connectivity index (χ1v) is 8.04. The van der Waals surface area contributed by atoms with E-state index in [2.05, 4.69) is 53.7 Å². The number of hydrogen-bond donors (Lipinski definition) is 0. The highest BCUT2D eigenvalue weighted by Gasteiger charge is 2.18. The van der Waals surface area contributed by atoms with E-state index in [4.69, 9.17) is 9.90 Å². The molecule has 0 aliphatic rings. The van der Waals surface area contributed by atoms with Gasteiger partial charge in [0.1, 0.15) is 0 Å². The molecule has 0 saturated heterocycles. The van der Waals surface area contributed by atoms with Gasteiger partial charge >= 0.3 is 0 Å². The van der Waals surface area contributed by atoms with Crippen molar-refractivity contribution in [1.29, 1.82) is 0 Å². The van der Waals surface area contributed by atoms with Crippen molar-refractivity contribution in [1.82, 2.24) is 0 Å². The minimum Gasteiger partial charge on any atom is -0.550 e. The third kappa shape index (κ3) is 13.6. The first-order valence-electron chi connectivity index (χ1n) is 8.04. The molecule has 124 valence electrons. The molecule has 3 nitrogen and oxygen atoms in total. The van der Waals surface area contributed by atoms with Gasteiger partial charge in [-0.3, -0.25) is 0 Å². The summed E-state index contributed by atoms with van der Waals surface area (Å²) in [5.74, 6) is -1.08. The van der Waals surface area contributed by atoms with Crippen molar-refractivity contribution in [2.75, 3.05) is 26.2 Å². The summed E-state index contributed by atoms with van der Waals surface area (Å²) in [7, 11) is 0. The molecule has 0 fully saturated rings. The van der Waals surface area contributed by atoms with Crippen LogP contribution in [0.25, 0.3) is 0 Å². The van der Waals surface area contributed by atoms with Crippen LogP contribution in [0.15, 0.2) is 23.3 Å². The zero-order chi connectivity index (χ0) is 16.9. The zero-order valence-electron chi connectivity index (χ0n) is 15.2. The normalized spacial score (nSPS) is 11.5. The number of carboxylic acid groups (broad SMARTS) is 1. The van der Waals surface area contributed by atoms with Gasteiger partial charge in [-0.05, 0) is 67.4 Å². The molecule has 0 heterocycles. The SMILES string of the molecule is CC(=O)[O-].CC[N+](CC)(CC)CC=C(C)CCC=C(C)C. The van der Waals surface area contributed by atoms with E-state index in [1.807, 2.05) is 0 Å². The third-order valence-electron chi connectivity index (χ3n) is 3.93. The van der Waals surface area contributed by atoms with Crippen molar-refractivity contribution in [2.45, 2.75) is 61.3 Å². The third-order valence-corrected chi connectivity index (χ3v) is 3.93. The lowest BCUT2D eigenvalue weighted by Crippen LogP contribution is -2.47. The second-order valence-electron chi connectivity index (χ2n) is 5.84. The Morgan fingerprint density at radius 1 is 0.952 bits per heavy atom. The number of carboxylic acids is 1. The Labute approximate surface area is 131 Å². The molecule has 0 aliphatic carbocycles. The summed E-state index contributed by atoms with van der Waals surface area (Å²) in [5.41, 5.74) is 2.97. The number of allylic oxidation sites excluding steroid dienone is 3. The maximum absolute atomic E-state index is 8.89. The lowest BCUT2D eigenvalue weighted by Gasteiger charge is -2.34. The fourth-order valence-electron chi connectivity index (χ4n) is 2.10. The Balaban J connectivity index is 0. The number of aliphatic carboxylic acids is 1. The van der Waals surface area contributed by atoms with Gasteiger partial charge in [0.2, 0.25) is 0 Å². The van der Waals surface area contributed by atoms with E-state index in [1.54, 1.807) is 5.57 Å². The maximum Gasteiger partial charge on any atom is 0.0976 e.